The lowest BCUT2D eigenvalue weighted by Crippen LogP contribution is -2.12. The summed E-state index contributed by atoms with van der Waals surface area (Å²) in [6.07, 6.45) is -0.757. The molecule has 4 N–H and O–H groups in total. The number of benzene rings is 2. The van der Waals surface area contributed by atoms with Gasteiger partial charge in [-0.3, -0.25) is 0 Å². The Morgan fingerprint density at radius 1 is 1.05 bits per heavy atom. The Morgan fingerprint density at radius 2 is 1.84 bits per heavy atom. The van der Waals surface area contributed by atoms with Crippen molar-refractivity contribution < 1.29 is 15.3 Å². The van der Waals surface area contributed by atoms with Crippen LogP contribution in [-0.2, 0) is 0 Å². The molecule has 0 aromatic heterocycles. The third-order valence-electron chi connectivity index (χ3n) is 2.90. The Kier molecular flexibility index (Phi) is 3.92. The second-order valence-electron chi connectivity index (χ2n) is 4.51. The van der Waals surface area contributed by atoms with E-state index in [9.17, 15) is 15.3 Å². The van der Waals surface area contributed by atoms with E-state index in [2.05, 4.69) is 5.32 Å². The molecule has 0 aliphatic rings. The number of rotatable bonds is 4. The molecular weight excluding hydrogens is 242 g/mol. The van der Waals surface area contributed by atoms with Crippen molar-refractivity contribution in [3.63, 3.8) is 0 Å². The van der Waals surface area contributed by atoms with Crippen LogP contribution in [0.25, 0.3) is 0 Å². The number of phenolic OH excluding ortho intramolecular Hbond substituents is 2. The number of aromatic hydroxyl groups is 2. The van der Waals surface area contributed by atoms with E-state index in [1.54, 1.807) is 6.07 Å². The van der Waals surface area contributed by atoms with Gasteiger partial charge in [0.25, 0.3) is 0 Å². The number of anilines is 1. The molecule has 4 heteroatoms. The van der Waals surface area contributed by atoms with E-state index >= 15 is 0 Å². The Bertz CT molecular complexity index is 569. The normalized spacial score (nSPS) is 12.1. The smallest absolute Gasteiger partial charge is 0.157 e. The fourth-order valence-corrected chi connectivity index (χ4v) is 1.84. The number of aliphatic hydroxyl groups is 1. The zero-order chi connectivity index (χ0) is 13.8. The molecule has 1 unspecified atom stereocenters. The van der Waals surface area contributed by atoms with E-state index in [1.165, 1.54) is 12.1 Å². The number of phenols is 2. The van der Waals surface area contributed by atoms with Crippen molar-refractivity contribution in [3.05, 3.63) is 53.6 Å². The summed E-state index contributed by atoms with van der Waals surface area (Å²) in [7, 11) is 0. The van der Waals surface area contributed by atoms with Crippen molar-refractivity contribution in [1.29, 1.82) is 0 Å². The van der Waals surface area contributed by atoms with E-state index in [0.29, 0.717) is 12.1 Å². The van der Waals surface area contributed by atoms with Crippen LogP contribution in [0.1, 0.15) is 17.2 Å². The Labute approximate surface area is 112 Å². The number of nitrogens with one attached hydrogen (secondary N) is 1. The quantitative estimate of drug-likeness (QED) is 0.637. The van der Waals surface area contributed by atoms with Gasteiger partial charge in [-0.1, -0.05) is 18.2 Å². The maximum Gasteiger partial charge on any atom is 0.157 e. The summed E-state index contributed by atoms with van der Waals surface area (Å²) in [5, 5.41) is 31.7. The minimum atomic E-state index is -0.757. The van der Waals surface area contributed by atoms with Crippen molar-refractivity contribution in [2.24, 2.45) is 0 Å². The topological polar surface area (TPSA) is 72.7 Å². The van der Waals surface area contributed by atoms with Crippen LogP contribution in [0.2, 0.25) is 0 Å². The molecule has 0 saturated carbocycles. The third-order valence-corrected chi connectivity index (χ3v) is 2.90. The van der Waals surface area contributed by atoms with Crippen molar-refractivity contribution >= 4 is 5.69 Å². The summed E-state index contributed by atoms with van der Waals surface area (Å²) >= 11 is 0. The van der Waals surface area contributed by atoms with Gasteiger partial charge in [0.1, 0.15) is 0 Å². The van der Waals surface area contributed by atoms with Crippen molar-refractivity contribution in [2.45, 2.75) is 13.0 Å². The Balaban J connectivity index is 2.01. The van der Waals surface area contributed by atoms with Gasteiger partial charge < -0.3 is 20.6 Å². The average molecular weight is 259 g/mol. The minimum Gasteiger partial charge on any atom is -0.504 e. The zero-order valence-electron chi connectivity index (χ0n) is 10.7. The van der Waals surface area contributed by atoms with Gasteiger partial charge in [-0.05, 0) is 42.3 Å². The Morgan fingerprint density at radius 3 is 2.53 bits per heavy atom. The van der Waals surface area contributed by atoms with Gasteiger partial charge in [0.2, 0.25) is 0 Å². The van der Waals surface area contributed by atoms with Crippen LogP contribution in [0.15, 0.2) is 42.5 Å². The molecule has 0 fully saturated rings. The second kappa shape index (κ2) is 5.63. The van der Waals surface area contributed by atoms with Gasteiger partial charge in [-0.15, -0.1) is 0 Å². The molecule has 0 aliphatic carbocycles. The molecule has 1 atom stereocenters. The molecule has 2 aromatic rings. The van der Waals surface area contributed by atoms with Gasteiger partial charge in [0.05, 0.1) is 6.10 Å². The van der Waals surface area contributed by atoms with Crippen LogP contribution in [-0.4, -0.2) is 21.9 Å². The fourth-order valence-electron chi connectivity index (χ4n) is 1.84. The van der Waals surface area contributed by atoms with E-state index < -0.39 is 6.10 Å². The second-order valence-corrected chi connectivity index (χ2v) is 4.51. The largest absolute Gasteiger partial charge is 0.504 e. The summed E-state index contributed by atoms with van der Waals surface area (Å²) in [5.74, 6) is -0.422. The van der Waals surface area contributed by atoms with Crippen molar-refractivity contribution in [3.8, 4) is 11.5 Å². The zero-order valence-corrected chi connectivity index (χ0v) is 10.7. The summed E-state index contributed by atoms with van der Waals surface area (Å²) < 4.78 is 0. The summed E-state index contributed by atoms with van der Waals surface area (Å²) in [5.41, 5.74) is 2.62. The summed E-state index contributed by atoms with van der Waals surface area (Å²) in [6.45, 7) is 2.33. The van der Waals surface area contributed by atoms with Crippen LogP contribution < -0.4 is 5.32 Å². The molecule has 4 nitrogen and oxygen atoms in total. The summed E-state index contributed by atoms with van der Waals surface area (Å²) in [4.78, 5) is 0. The number of hydrogen-bond donors (Lipinski definition) is 4. The molecule has 0 spiro atoms. The molecule has 19 heavy (non-hydrogen) atoms. The van der Waals surface area contributed by atoms with Gasteiger partial charge in [0.15, 0.2) is 11.5 Å². The molecule has 2 rings (SSSR count). The average Bonchev–Trinajstić information content (AvgIpc) is 2.39. The van der Waals surface area contributed by atoms with Crippen molar-refractivity contribution in [1.82, 2.24) is 0 Å². The predicted molar refractivity (Wildman–Crippen MR) is 74.4 cm³/mol. The number of aryl methyl sites for hydroxylation is 1. The predicted octanol–water partition coefficient (Wildman–Crippen LogP) is 2.55. The lowest BCUT2D eigenvalue weighted by Gasteiger charge is -2.14. The van der Waals surface area contributed by atoms with Crippen LogP contribution in [0.5, 0.6) is 11.5 Å². The molecule has 100 valence electrons. The highest BCUT2D eigenvalue weighted by Gasteiger charge is 2.09. The molecule has 0 radical (unpaired) electrons. The van der Waals surface area contributed by atoms with Gasteiger partial charge in [-0.2, -0.15) is 0 Å². The number of aliphatic hydroxyl groups excluding tert-OH is 1. The fraction of sp³-hybridized carbons (Fsp3) is 0.200. The van der Waals surface area contributed by atoms with E-state index in [-0.39, 0.29) is 11.5 Å². The molecule has 0 saturated heterocycles. The molecule has 0 heterocycles. The molecule has 0 amide bonds. The monoisotopic (exact) mass is 259 g/mol. The van der Waals surface area contributed by atoms with Crippen LogP contribution in [0, 0.1) is 6.92 Å². The van der Waals surface area contributed by atoms with E-state index in [4.69, 9.17) is 0 Å². The standard InChI is InChI=1S/C15H17NO3/c1-10-3-2-4-12(7-10)16-9-15(19)11-5-6-13(17)14(18)8-11/h2-8,15-19H,9H2,1H3. The van der Waals surface area contributed by atoms with Crippen LogP contribution in [0.3, 0.4) is 0 Å². The SMILES string of the molecule is Cc1cccc(NCC(O)c2ccc(O)c(O)c2)c1. The highest BCUT2D eigenvalue weighted by Crippen LogP contribution is 2.27. The molecule has 0 bridgehead atoms. The first kappa shape index (κ1) is 13.2. The van der Waals surface area contributed by atoms with Crippen LogP contribution >= 0.6 is 0 Å². The maximum atomic E-state index is 10.0. The molecule has 0 aliphatic heterocycles. The first-order chi connectivity index (χ1) is 9.06. The Hall–Kier alpha value is -2.20. The highest BCUT2D eigenvalue weighted by molar-refractivity contribution is 5.46. The van der Waals surface area contributed by atoms with Gasteiger partial charge in [0, 0.05) is 12.2 Å². The highest BCUT2D eigenvalue weighted by atomic mass is 16.3. The molecule has 2 aromatic carbocycles. The minimum absolute atomic E-state index is 0.192. The number of hydrogen-bond acceptors (Lipinski definition) is 4. The summed E-state index contributed by atoms with van der Waals surface area (Å²) in [6, 6.07) is 12.2. The van der Waals surface area contributed by atoms with E-state index in [0.717, 1.165) is 11.3 Å². The first-order valence-corrected chi connectivity index (χ1v) is 6.07. The molecular formula is C15H17NO3. The lowest BCUT2D eigenvalue weighted by atomic mass is 10.1. The van der Waals surface area contributed by atoms with Crippen molar-refractivity contribution in [2.75, 3.05) is 11.9 Å². The first-order valence-electron chi connectivity index (χ1n) is 6.07. The van der Waals surface area contributed by atoms with Crippen LogP contribution in [0.4, 0.5) is 5.69 Å². The van der Waals surface area contributed by atoms with E-state index in [1.807, 2.05) is 31.2 Å². The van der Waals surface area contributed by atoms with Gasteiger partial charge in [-0.25, -0.2) is 0 Å². The lowest BCUT2D eigenvalue weighted by molar-refractivity contribution is 0.191. The maximum absolute atomic E-state index is 10.0. The van der Waals surface area contributed by atoms with Gasteiger partial charge >= 0.3 is 0 Å². The third kappa shape index (κ3) is 3.39.